The summed E-state index contributed by atoms with van der Waals surface area (Å²) in [6.07, 6.45) is 0.0593. The summed E-state index contributed by atoms with van der Waals surface area (Å²) in [5.41, 5.74) is 0.00572. The lowest BCUT2D eigenvalue weighted by atomic mass is 9.81. The molecule has 0 unspecified atom stereocenters. The fourth-order valence-corrected chi connectivity index (χ4v) is 2.16. The second-order valence-electron chi connectivity index (χ2n) is 5.67. The maximum atomic E-state index is 14.1. The minimum atomic E-state index is -3.01. The Hall–Kier alpha value is -1.45. The van der Waals surface area contributed by atoms with Gasteiger partial charge in [0.1, 0.15) is 0 Å². The highest BCUT2D eigenvalue weighted by Crippen LogP contribution is 2.41. The zero-order valence-corrected chi connectivity index (χ0v) is 11.5. The first-order valence-corrected chi connectivity index (χ1v) is 6.35. The van der Waals surface area contributed by atoms with Gasteiger partial charge in [0.05, 0.1) is 6.42 Å². The van der Waals surface area contributed by atoms with Gasteiger partial charge in [-0.2, -0.15) is 0 Å². The summed E-state index contributed by atoms with van der Waals surface area (Å²) in [5, 5.41) is 8.74. The molecular weight excluding hydrogens is 250 g/mol. The third kappa shape index (κ3) is 4.62. The molecule has 0 fully saturated rings. The van der Waals surface area contributed by atoms with E-state index in [1.54, 1.807) is 26.0 Å². The largest absolute Gasteiger partial charge is 0.481 e. The van der Waals surface area contributed by atoms with Crippen LogP contribution in [0.15, 0.2) is 24.3 Å². The minimum Gasteiger partial charge on any atom is -0.481 e. The summed E-state index contributed by atoms with van der Waals surface area (Å²) >= 11 is 0. The topological polar surface area (TPSA) is 37.3 Å². The SMILES string of the molecule is CCc1ccc(C(F)(F)CC(C)(C)CC(=O)O)cc1. The van der Waals surface area contributed by atoms with E-state index >= 15 is 0 Å². The Morgan fingerprint density at radius 2 is 1.74 bits per heavy atom. The monoisotopic (exact) mass is 270 g/mol. The van der Waals surface area contributed by atoms with Crippen molar-refractivity contribution in [1.82, 2.24) is 0 Å². The fourth-order valence-electron chi connectivity index (χ4n) is 2.16. The van der Waals surface area contributed by atoms with Crippen LogP contribution in [0, 0.1) is 5.41 Å². The molecule has 0 atom stereocenters. The van der Waals surface area contributed by atoms with E-state index in [9.17, 15) is 13.6 Å². The third-order valence-corrected chi connectivity index (χ3v) is 3.11. The average Bonchev–Trinajstić information content (AvgIpc) is 2.25. The number of hydrogen-bond donors (Lipinski definition) is 1. The van der Waals surface area contributed by atoms with Gasteiger partial charge in [0.2, 0.25) is 0 Å². The molecule has 0 aromatic heterocycles. The molecule has 2 nitrogen and oxygen atoms in total. The molecule has 1 aromatic rings. The number of benzene rings is 1. The lowest BCUT2D eigenvalue weighted by Crippen LogP contribution is -2.26. The van der Waals surface area contributed by atoms with Crippen molar-refractivity contribution in [1.29, 1.82) is 0 Å². The Morgan fingerprint density at radius 1 is 1.21 bits per heavy atom. The second-order valence-corrected chi connectivity index (χ2v) is 5.67. The Bertz CT molecular complexity index is 436. The van der Waals surface area contributed by atoms with Gasteiger partial charge < -0.3 is 5.11 Å². The second kappa shape index (κ2) is 5.68. The van der Waals surface area contributed by atoms with Gasteiger partial charge in [-0.25, -0.2) is 8.78 Å². The van der Waals surface area contributed by atoms with Crippen LogP contribution in [-0.2, 0) is 17.1 Å². The maximum Gasteiger partial charge on any atom is 0.303 e. The number of carbonyl (C=O) groups is 1. The van der Waals surface area contributed by atoms with Crippen LogP contribution in [0.1, 0.15) is 44.7 Å². The van der Waals surface area contributed by atoms with Gasteiger partial charge in [-0.3, -0.25) is 4.79 Å². The normalized spacial score (nSPS) is 12.5. The molecule has 0 saturated carbocycles. The van der Waals surface area contributed by atoms with E-state index in [0.717, 1.165) is 12.0 Å². The number of rotatable bonds is 6. The van der Waals surface area contributed by atoms with Gasteiger partial charge in [0, 0.05) is 12.0 Å². The molecule has 0 spiro atoms. The molecule has 106 valence electrons. The fraction of sp³-hybridized carbons (Fsp3) is 0.533. The Balaban J connectivity index is 2.87. The van der Waals surface area contributed by atoms with Crippen LogP contribution in [0.2, 0.25) is 0 Å². The van der Waals surface area contributed by atoms with E-state index in [2.05, 4.69) is 0 Å². The van der Waals surface area contributed by atoms with Gasteiger partial charge in [-0.15, -0.1) is 0 Å². The Labute approximate surface area is 112 Å². The number of hydrogen-bond acceptors (Lipinski definition) is 1. The molecule has 0 radical (unpaired) electrons. The van der Waals surface area contributed by atoms with Crippen LogP contribution < -0.4 is 0 Å². The molecule has 0 saturated heterocycles. The van der Waals surface area contributed by atoms with Crippen molar-refractivity contribution in [2.24, 2.45) is 5.41 Å². The highest BCUT2D eigenvalue weighted by atomic mass is 19.3. The number of carboxylic acids is 1. The predicted molar refractivity (Wildman–Crippen MR) is 70.4 cm³/mol. The van der Waals surface area contributed by atoms with Gasteiger partial charge in [-0.05, 0) is 17.4 Å². The lowest BCUT2D eigenvalue weighted by molar-refractivity contribution is -0.140. The van der Waals surface area contributed by atoms with Crippen LogP contribution in [-0.4, -0.2) is 11.1 Å². The van der Waals surface area contributed by atoms with E-state index in [4.69, 9.17) is 5.11 Å². The average molecular weight is 270 g/mol. The van der Waals surface area contributed by atoms with Crippen LogP contribution in [0.25, 0.3) is 0 Å². The molecule has 1 aromatic carbocycles. The first-order chi connectivity index (χ1) is 8.66. The summed E-state index contributed by atoms with van der Waals surface area (Å²) in [7, 11) is 0. The van der Waals surface area contributed by atoms with Crippen LogP contribution >= 0.6 is 0 Å². The lowest BCUT2D eigenvalue weighted by Gasteiger charge is -2.28. The van der Waals surface area contributed by atoms with Crippen LogP contribution in [0.5, 0.6) is 0 Å². The van der Waals surface area contributed by atoms with Crippen molar-refractivity contribution in [3.63, 3.8) is 0 Å². The van der Waals surface area contributed by atoms with Crippen molar-refractivity contribution in [2.75, 3.05) is 0 Å². The quantitative estimate of drug-likeness (QED) is 0.839. The molecule has 19 heavy (non-hydrogen) atoms. The Morgan fingerprint density at radius 3 is 2.16 bits per heavy atom. The van der Waals surface area contributed by atoms with E-state index in [0.29, 0.717) is 0 Å². The summed E-state index contributed by atoms with van der Waals surface area (Å²) in [5.74, 6) is -4.06. The maximum absolute atomic E-state index is 14.1. The molecule has 0 aliphatic rings. The molecule has 1 N–H and O–H groups in total. The van der Waals surface area contributed by atoms with Gasteiger partial charge in [0.25, 0.3) is 5.92 Å². The molecule has 0 aliphatic carbocycles. The van der Waals surface area contributed by atoms with E-state index in [1.165, 1.54) is 12.1 Å². The van der Waals surface area contributed by atoms with E-state index in [1.807, 2.05) is 6.92 Å². The molecule has 0 amide bonds. The zero-order valence-electron chi connectivity index (χ0n) is 11.5. The highest BCUT2D eigenvalue weighted by Gasteiger charge is 2.39. The van der Waals surface area contributed by atoms with E-state index < -0.39 is 23.7 Å². The van der Waals surface area contributed by atoms with Crippen molar-refractivity contribution in [3.8, 4) is 0 Å². The van der Waals surface area contributed by atoms with Crippen molar-refractivity contribution in [2.45, 2.75) is 46.0 Å². The molecule has 4 heteroatoms. The zero-order chi connectivity index (χ0) is 14.7. The number of carboxylic acid groups (broad SMARTS) is 1. The van der Waals surface area contributed by atoms with E-state index in [-0.39, 0.29) is 12.0 Å². The predicted octanol–water partition coefficient (Wildman–Crippen LogP) is 4.23. The highest BCUT2D eigenvalue weighted by molar-refractivity contribution is 5.67. The van der Waals surface area contributed by atoms with Crippen molar-refractivity contribution >= 4 is 5.97 Å². The summed E-state index contributed by atoms with van der Waals surface area (Å²) in [6, 6.07) is 6.23. The summed E-state index contributed by atoms with van der Waals surface area (Å²) < 4.78 is 28.3. The smallest absolute Gasteiger partial charge is 0.303 e. The van der Waals surface area contributed by atoms with Crippen LogP contribution in [0.3, 0.4) is 0 Å². The standard InChI is InChI=1S/C15H20F2O2/c1-4-11-5-7-12(8-6-11)15(16,17)10-14(2,3)9-13(18)19/h5-8H,4,9-10H2,1-3H3,(H,18,19). The van der Waals surface area contributed by atoms with Crippen molar-refractivity contribution < 1.29 is 18.7 Å². The number of aliphatic carboxylic acids is 1. The molecule has 0 bridgehead atoms. The van der Waals surface area contributed by atoms with Gasteiger partial charge in [0.15, 0.2) is 0 Å². The molecule has 0 heterocycles. The first kappa shape index (κ1) is 15.6. The summed E-state index contributed by atoms with van der Waals surface area (Å²) in [6.45, 7) is 5.06. The third-order valence-electron chi connectivity index (χ3n) is 3.11. The van der Waals surface area contributed by atoms with Crippen molar-refractivity contribution in [3.05, 3.63) is 35.4 Å². The summed E-state index contributed by atoms with van der Waals surface area (Å²) in [4.78, 5) is 10.7. The number of halogens is 2. The van der Waals surface area contributed by atoms with Gasteiger partial charge >= 0.3 is 5.97 Å². The number of alkyl halides is 2. The Kier molecular flexibility index (Phi) is 4.66. The number of aryl methyl sites for hydroxylation is 1. The minimum absolute atomic E-state index is 0.0526. The molecule has 1 rings (SSSR count). The first-order valence-electron chi connectivity index (χ1n) is 6.35. The molecule has 0 aliphatic heterocycles. The van der Waals surface area contributed by atoms with Crippen LogP contribution in [0.4, 0.5) is 8.78 Å². The molecular formula is C15H20F2O2. The van der Waals surface area contributed by atoms with Gasteiger partial charge in [-0.1, -0.05) is 45.0 Å².